The highest BCUT2D eigenvalue weighted by molar-refractivity contribution is 6.00. The Kier molecular flexibility index (Phi) is 6.21. The number of phenols is 1. The van der Waals surface area contributed by atoms with Gasteiger partial charge in [-0.15, -0.1) is 0 Å². The molecule has 5 heteroatoms. The highest BCUT2D eigenvalue weighted by Crippen LogP contribution is 2.26. The van der Waals surface area contributed by atoms with Crippen LogP contribution >= 0.6 is 0 Å². The molecule has 0 bridgehead atoms. The van der Waals surface area contributed by atoms with Crippen molar-refractivity contribution in [3.8, 4) is 5.75 Å². The fourth-order valence-electron chi connectivity index (χ4n) is 2.57. The first-order valence-corrected chi connectivity index (χ1v) is 8.84. The van der Waals surface area contributed by atoms with Crippen LogP contribution in [0, 0.1) is 0 Å². The topological polar surface area (TPSA) is 73.7 Å². The van der Waals surface area contributed by atoms with E-state index in [1.54, 1.807) is 24.4 Å². The van der Waals surface area contributed by atoms with Gasteiger partial charge in [-0.25, -0.2) is 0 Å². The number of benzene rings is 3. The van der Waals surface area contributed by atoms with Gasteiger partial charge in [0, 0.05) is 29.2 Å². The van der Waals surface area contributed by atoms with E-state index in [0.29, 0.717) is 16.9 Å². The SMILES string of the molecule is C/C(=C\C(=O)Nc1ccccc1)Nc1ccccc1N=Cc1ccccc1O. The number of nitrogens with one attached hydrogen (secondary N) is 2. The Morgan fingerprint density at radius 3 is 2.36 bits per heavy atom. The van der Waals surface area contributed by atoms with Gasteiger partial charge in [0.05, 0.1) is 11.4 Å². The maximum Gasteiger partial charge on any atom is 0.250 e. The summed E-state index contributed by atoms with van der Waals surface area (Å²) in [5.74, 6) is -0.0447. The van der Waals surface area contributed by atoms with Crippen molar-refractivity contribution in [3.63, 3.8) is 0 Å². The summed E-state index contributed by atoms with van der Waals surface area (Å²) in [4.78, 5) is 16.6. The van der Waals surface area contributed by atoms with E-state index in [4.69, 9.17) is 0 Å². The summed E-state index contributed by atoms with van der Waals surface area (Å²) in [6, 6.07) is 23.8. The summed E-state index contributed by atoms with van der Waals surface area (Å²) < 4.78 is 0. The van der Waals surface area contributed by atoms with Crippen LogP contribution in [0.5, 0.6) is 5.75 Å². The molecule has 140 valence electrons. The van der Waals surface area contributed by atoms with Gasteiger partial charge in [0.2, 0.25) is 5.91 Å². The van der Waals surface area contributed by atoms with Crippen LogP contribution in [0.3, 0.4) is 0 Å². The van der Waals surface area contributed by atoms with Crippen molar-refractivity contribution in [1.82, 2.24) is 0 Å². The maximum absolute atomic E-state index is 12.2. The molecule has 28 heavy (non-hydrogen) atoms. The number of anilines is 2. The van der Waals surface area contributed by atoms with E-state index in [9.17, 15) is 9.90 Å². The molecule has 1 amide bonds. The fourth-order valence-corrected chi connectivity index (χ4v) is 2.57. The maximum atomic E-state index is 12.2. The summed E-state index contributed by atoms with van der Waals surface area (Å²) in [5.41, 5.74) is 3.51. The van der Waals surface area contributed by atoms with E-state index >= 15 is 0 Å². The van der Waals surface area contributed by atoms with Gasteiger partial charge in [-0.1, -0.05) is 42.5 Å². The van der Waals surface area contributed by atoms with Gasteiger partial charge in [0.1, 0.15) is 5.75 Å². The lowest BCUT2D eigenvalue weighted by Gasteiger charge is -2.10. The third-order valence-electron chi connectivity index (χ3n) is 3.90. The number of aliphatic imine (C=N–C) groups is 1. The van der Waals surface area contributed by atoms with Crippen molar-refractivity contribution >= 4 is 29.2 Å². The van der Waals surface area contributed by atoms with Crippen LogP contribution in [0.15, 0.2) is 95.6 Å². The largest absolute Gasteiger partial charge is 0.507 e. The Balaban J connectivity index is 1.72. The van der Waals surface area contributed by atoms with E-state index < -0.39 is 0 Å². The number of phenolic OH excluding ortho intramolecular Hbond substituents is 1. The van der Waals surface area contributed by atoms with Gasteiger partial charge in [-0.2, -0.15) is 0 Å². The Labute approximate surface area is 164 Å². The number of allylic oxidation sites excluding steroid dienone is 1. The van der Waals surface area contributed by atoms with Gasteiger partial charge < -0.3 is 15.7 Å². The third kappa shape index (κ3) is 5.32. The van der Waals surface area contributed by atoms with Crippen LogP contribution in [0.2, 0.25) is 0 Å². The molecule has 0 saturated carbocycles. The van der Waals surface area contributed by atoms with Crippen molar-refractivity contribution in [1.29, 1.82) is 0 Å². The molecule has 0 saturated heterocycles. The smallest absolute Gasteiger partial charge is 0.250 e. The number of nitrogens with zero attached hydrogens (tertiary/aromatic N) is 1. The van der Waals surface area contributed by atoms with Gasteiger partial charge in [-0.05, 0) is 43.3 Å². The summed E-state index contributed by atoms with van der Waals surface area (Å²) in [6.07, 6.45) is 3.10. The Bertz CT molecular complexity index is 1010. The molecule has 0 heterocycles. The fraction of sp³-hybridized carbons (Fsp3) is 0.0435. The second-order valence-corrected chi connectivity index (χ2v) is 6.14. The molecule has 0 aliphatic heterocycles. The number of rotatable bonds is 6. The molecule has 0 aliphatic carbocycles. The standard InChI is InChI=1S/C23H21N3O2/c1-17(15-23(28)26-19-10-3-2-4-11-19)25-21-13-7-6-12-20(21)24-16-18-9-5-8-14-22(18)27/h2-16,25,27H,1H3,(H,26,28)/b17-15+,24-16?. The monoisotopic (exact) mass is 371 g/mol. The summed E-state index contributed by atoms with van der Waals surface area (Å²) in [5, 5.41) is 15.9. The molecular formula is C23H21N3O2. The van der Waals surface area contributed by atoms with Crippen LogP contribution < -0.4 is 10.6 Å². The number of hydrogen-bond donors (Lipinski definition) is 3. The average molecular weight is 371 g/mol. The van der Waals surface area contributed by atoms with Crippen LogP contribution in [-0.2, 0) is 4.79 Å². The number of aromatic hydroxyl groups is 1. The van der Waals surface area contributed by atoms with E-state index in [0.717, 1.165) is 11.4 Å². The zero-order valence-corrected chi connectivity index (χ0v) is 15.5. The predicted octanol–water partition coefficient (Wildman–Crippen LogP) is 5.10. The molecule has 0 fully saturated rings. The normalized spacial score (nSPS) is 11.4. The number of carbonyl (C=O) groups is 1. The van der Waals surface area contributed by atoms with Gasteiger partial charge in [0.25, 0.3) is 0 Å². The minimum atomic E-state index is -0.216. The van der Waals surface area contributed by atoms with Gasteiger partial charge in [-0.3, -0.25) is 9.79 Å². The van der Waals surface area contributed by atoms with E-state index in [1.807, 2.05) is 67.6 Å². The first-order valence-electron chi connectivity index (χ1n) is 8.84. The Morgan fingerprint density at radius 2 is 1.57 bits per heavy atom. The lowest BCUT2D eigenvalue weighted by molar-refractivity contribution is -0.111. The average Bonchev–Trinajstić information content (AvgIpc) is 2.69. The molecule has 3 aromatic carbocycles. The number of hydrogen-bond acceptors (Lipinski definition) is 4. The first kappa shape index (κ1) is 18.9. The van der Waals surface area contributed by atoms with Crippen molar-refractivity contribution < 1.29 is 9.90 Å². The molecule has 0 aromatic heterocycles. The minimum Gasteiger partial charge on any atom is -0.507 e. The number of carbonyl (C=O) groups excluding carboxylic acids is 1. The van der Waals surface area contributed by atoms with Crippen molar-refractivity contribution in [2.75, 3.05) is 10.6 Å². The van der Waals surface area contributed by atoms with Crippen LogP contribution in [0.1, 0.15) is 12.5 Å². The summed E-state index contributed by atoms with van der Waals surface area (Å²) in [6.45, 7) is 1.81. The second kappa shape index (κ2) is 9.19. The molecule has 0 spiro atoms. The number of amides is 1. The predicted molar refractivity (Wildman–Crippen MR) is 114 cm³/mol. The summed E-state index contributed by atoms with van der Waals surface area (Å²) >= 11 is 0. The highest BCUT2D eigenvalue weighted by atomic mass is 16.3. The molecule has 0 aliphatic rings. The molecule has 3 rings (SSSR count). The third-order valence-corrected chi connectivity index (χ3v) is 3.90. The summed E-state index contributed by atoms with van der Waals surface area (Å²) in [7, 11) is 0. The minimum absolute atomic E-state index is 0.172. The molecule has 0 unspecified atom stereocenters. The Morgan fingerprint density at radius 1 is 0.893 bits per heavy atom. The molecule has 0 radical (unpaired) electrons. The van der Waals surface area contributed by atoms with Crippen LogP contribution in [0.25, 0.3) is 0 Å². The van der Waals surface area contributed by atoms with Crippen LogP contribution in [-0.4, -0.2) is 17.2 Å². The highest BCUT2D eigenvalue weighted by Gasteiger charge is 2.03. The lowest BCUT2D eigenvalue weighted by Crippen LogP contribution is -2.10. The quantitative estimate of drug-likeness (QED) is 0.417. The Hall–Kier alpha value is -3.86. The lowest BCUT2D eigenvalue weighted by atomic mass is 10.2. The molecular weight excluding hydrogens is 350 g/mol. The molecule has 5 nitrogen and oxygen atoms in total. The molecule has 3 aromatic rings. The molecule has 3 N–H and O–H groups in total. The molecule has 0 atom stereocenters. The number of para-hydroxylation sites is 4. The second-order valence-electron chi connectivity index (χ2n) is 6.14. The van der Waals surface area contributed by atoms with Crippen molar-refractivity contribution in [2.24, 2.45) is 4.99 Å². The zero-order valence-electron chi connectivity index (χ0n) is 15.5. The first-order chi connectivity index (χ1) is 13.6. The van der Waals surface area contributed by atoms with Crippen LogP contribution in [0.4, 0.5) is 17.1 Å². The van der Waals surface area contributed by atoms with E-state index in [1.165, 1.54) is 6.08 Å². The van der Waals surface area contributed by atoms with E-state index in [-0.39, 0.29) is 11.7 Å². The van der Waals surface area contributed by atoms with E-state index in [2.05, 4.69) is 15.6 Å². The van der Waals surface area contributed by atoms with Gasteiger partial charge in [0.15, 0.2) is 0 Å². The van der Waals surface area contributed by atoms with Gasteiger partial charge >= 0.3 is 0 Å². The zero-order chi connectivity index (χ0) is 19.8. The van der Waals surface area contributed by atoms with Crippen molar-refractivity contribution in [3.05, 3.63) is 96.2 Å². The van der Waals surface area contributed by atoms with Crippen molar-refractivity contribution in [2.45, 2.75) is 6.92 Å².